The van der Waals surface area contributed by atoms with E-state index in [1.807, 2.05) is 13.8 Å². The lowest BCUT2D eigenvalue weighted by Crippen LogP contribution is -2.48. The van der Waals surface area contributed by atoms with Crippen LogP contribution in [-0.2, 0) is 14.4 Å². The smallest absolute Gasteiger partial charge is 0.326 e. The third kappa shape index (κ3) is 4.48. The molecule has 2 atom stereocenters. The Hall–Kier alpha value is -1.63. The molecular weight excluding hydrogens is 262 g/mol. The molecule has 1 heterocycles. The number of hydrogen-bond acceptors (Lipinski definition) is 4. The number of nitrogens with zero attached hydrogens (tertiary/aromatic N) is 1. The molecule has 7 heteroatoms. The molecule has 0 radical (unpaired) electrons. The van der Waals surface area contributed by atoms with E-state index in [4.69, 9.17) is 10.8 Å². The number of hydrogen-bond donors (Lipinski definition) is 3. The highest BCUT2D eigenvalue weighted by Gasteiger charge is 2.33. The number of amides is 2. The zero-order valence-corrected chi connectivity index (χ0v) is 12.0. The van der Waals surface area contributed by atoms with E-state index in [0.29, 0.717) is 31.7 Å². The van der Waals surface area contributed by atoms with Crippen molar-refractivity contribution in [1.82, 2.24) is 10.2 Å². The molecule has 4 N–H and O–H groups in total. The van der Waals surface area contributed by atoms with Crippen LogP contribution in [0.15, 0.2) is 0 Å². The third-order valence-corrected chi connectivity index (χ3v) is 3.33. The molecule has 0 saturated carbocycles. The Morgan fingerprint density at radius 3 is 2.60 bits per heavy atom. The van der Waals surface area contributed by atoms with E-state index in [1.54, 1.807) is 0 Å². The fraction of sp³-hybridized carbons (Fsp3) is 0.769. The molecule has 1 aliphatic rings. The Kier molecular flexibility index (Phi) is 5.94. The van der Waals surface area contributed by atoms with Gasteiger partial charge in [0.2, 0.25) is 11.8 Å². The minimum atomic E-state index is -1.00. The molecule has 1 aliphatic heterocycles. The zero-order valence-electron chi connectivity index (χ0n) is 12.0. The molecule has 0 aromatic carbocycles. The maximum atomic E-state index is 11.9. The molecule has 2 amide bonds. The van der Waals surface area contributed by atoms with Gasteiger partial charge in [0.15, 0.2) is 0 Å². The highest BCUT2D eigenvalue weighted by atomic mass is 16.4. The Labute approximate surface area is 118 Å². The van der Waals surface area contributed by atoms with Crippen molar-refractivity contribution in [2.45, 2.75) is 45.2 Å². The van der Waals surface area contributed by atoms with Gasteiger partial charge < -0.3 is 21.1 Å². The topological polar surface area (TPSA) is 113 Å². The summed E-state index contributed by atoms with van der Waals surface area (Å²) in [7, 11) is 0. The normalized spacial score (nSPS) is 20.0. The van der Waals surface area contributed by atoms with Gasteiger partial charge in [0.25, 0.3) is 0 Å². The quantitative estimate of drug-likeness (QED) is 0.612. The number of carbonyl (C=O) groups excluding carboxylic acids is 2. The fourth-order valence-electron chi connectivity index (χ4n) is 2.33. The predicted molar refractivity (Wildman–Crippen MR) is 72.8 cm³/mol. The van der Waals surface area contributed by atoms with E-state index in [9.17, 15) is 14.4 Å². The average molecular weight is 285 g/mol. The minimum Gasteiger partial charge on any atom is -0.480 e. The molecule has 0 aromatic heterocycles. The molecule has 1 fully saturated rings. The van der Waals surface area contributed by atoms with E-state index in [2.05, 4.69) is 5.32 Å². The number of nitrogens with one attached hydrogen (secondary N) is 1. The molecule has 114 valence electrons. The number of aliphatic carboxylic acids is 1. The summed E-state index contributed by atoms with van der Waals surface area (Å²) in [4.78, 5) is 35.9. The summed E-state index contributed by atoms with van der Waals surface area (Å²) in [5.74, 6) is -1.46. The van der Waals surface area contributed by atoms with Gasteiger partial charge >= 0.3 is 5.97 Å². The number of carboxylic acids is 1. The second kappa shape index (κ2) is 7.23. The minimum absolute atomic E-state index is 0.200. The highest BCUT2D eigenvalue weighted by Crippen LogP contribution is 2.17. The summed E-state index contributed by atoms with van der Waals surface area (Å²) in [5, 5.41) is 11.5. The lowest BCUT2D eigenvalue weighted by atomic mass is 10.0. The summed E-state index contributed by atoms with van der Waals surface area (Å²) in [5.41, 5.74) is 5.70. The molecule has 0 spiro atoms. The van der Waals surface area contributed by atoms with Crippen molar-refractivity contribution in [3.63, 3.8) is 0 Å². The highest BCUT2D eigenvalue weighted by molar-refractivity contribution is 5.89. The maximum Gasteiger partial charge on any atom is 0.326 e. The van der Waals surface area contributed by atoms with Crippen LogP contribution in [-0.4, -0.2) is 53.0 Å². The summed E-state index contributed by atoms with van der Waals surface area (Å²) >= 11 is 0. The van der Waals surface area contributed by atoms with Crippen LogP contribution >= 0.6 is 0 Å². The monoisotopic (exact) mass is 285 g/mol. The van der Waals surface area contributed by atoms with Crippen LogP contribution in [0.2, 0.25) is 0 Å². The molecule has 7 nitrogen and oxygen atoms in total. The van der Waals surface area contributed by atoms with Crippen molar-refractivity contribution in [1.29, 1.82) is 0 Å². The Morgan fingerprint density at radius 1 is 1.40 bits per heavy atom. The van der Waals surface area contributed by atoms with Crippen LogP contribution in [0.1, 0.15) is 33.1 Å². The Balaban J connectivity index is 2.43. The van der Waals surface area contributed by atoms with Crippen LogP contribution in [0.4, 0.5) is 0 Å². The first-order valence-electron chi connectivity index (χ1n) is 6.88. The van der Waals surface area contributed by atoms with E-state index in [1.165, 1.54) is 4.90 Å². The van der Waals surface area contributed by atoms with Crippen LogP contribution in [0.25, 0.3) is 0 Å². The number of likely N-dealkylation sites (tertiary alicyclic amines) is 1. The van der Waals surface area contributed by atoms with E-state index < -0.39 is 18.1 Å². The molecule has 0 unspecified atom stereocenters. The van der Waals surface area contributed by atoms with Gasteiger partial charge in [0.1, 0.15) is 6.04 Å². The molecule has 20 heavy (non-hydrogen) atoms. The van der Waals surface area contributed by atoms with Crippen LogP contribution in [0, 0.1) is 5.92 Å². The summed E-state index contributed by atoms with van der Waals surface area (Å²) in [6.45, 7) is 4.14. The first-order chi connectivity index (χ1) is 9.32. The average Bonchev–Trinajstić information content (AvgIpc) is 2.83. The lowest BCUT2D eigenvalue weighted by molar-refractivity contribution is -0.148. The van der Waals surface area contributed by atoms with Gasteiger partial charge in [-0.2, -0.15) is 0 Å². The molecule has 1 saturated heterocycles. The first-order valence-corrected chi connectivity index (χ1v) is 6.88. The number of nitrogens with two attached hydrogens (primary N) is 1. The second-order valence-electron chi connectivity index (χ2n) is 5.54. The SMILES string of the molecule is CC(C)C[C@H](N)C(=O)NCC(=O)N1CCC[C@@H]1C(=O)O. The summed E-state index contributed by atoms with van der Waals surface area (Å²) in [6, 6.07) is -1.42. The zero-order chi connectivity index (χ0) is 15.3. The number of carbonyl (C=O) groups is 3. The van der Waals surface area contributed by atoms with E-state index >= 15 is 0 Å². The third-order valence-electron chi connectivity index (χ3n) is 3.33. The molecule has 1 rings (SSSR count). The van der Waals surface area contributed by atoms with Crippen molar-refractivity contribution in [2.24, 2.45) is 11.7 Å². The molecule has 0 aliphatic carbocycles. The number of rotatable bonds is 6. The first kappa shape index (κ1) is 16.4. The fourth-order valence-corrected chi connectivity index (χ4v) is 2.33. The maximum absolute atomic E-state index is 11.9. The van der Waals surface area contributed by atoms with Crippen molar-refractivity contribution in [3.05, 3.63) is 0 Å². The van der Waals surface area contributed by atoms with Crippen molar-refractivity contribution in [2.75, 3.05) is 13.1 Å². The summed E-state index contributed by atoms with van der Waals surface area (Å²) in [6.07, 6.45) is 1.67. The van der Waals surface area contributed by atoms with Crippen LogP contribution in [0.3, 0.4) is 0 Å². The van der Waals surface area contributed by atoms with Gasteiger partial charge in [-0.05, 0) is 25.2 Å². The Morgan fingerprint density at radius 2 is 2.05 bits per heavy atom. The van der Waals surface area contributed by atoms with Crippen molar-refractivity contribution >= 4 is 17.8 Å². The van der Waals surface area contributed by atoms with Gasteiger partial charge in [-0.15, -0.1) is 0 Å². The summed E-state index contributed by atoms with van der Waals surface area (Å²) < 4.78 is 0. The Bertz CT molecular complexity index is 384. The van der Waals surface area contributed by atoms with Gasteiger partial charge in [-0.25, -0.2) is 4.79 Å². The second-order valence-corrected chi connectivity index (χ2v) is 5.54. The lowest BCUT2D eigenvalue weighted by Gasteiger charge is -2.22. The van der Waals surface area contributed by atoms with Gasteiger partial charge in [0.05, 0.1) is 12.6 Å². The van der Waals surface area contributed by atoms with Gasteiger partial charge in [0, 0.05) is 6.54 Å². The van der Waals surface area contributed by atoms with E-state index in [0.717, 1.165) is 0 Å². The van der Waals surface area contributed by atoms with E-state index in [-0.39, 0.29) is 18.4 Å². The number of carboxylic acid groups (broad SMARTS) is 1. The molecule has 0 aromatic rings. The van der Waals surface area contributed by atoms with Crippen molar-refractivity contribution in [3.8, 4) is 0 Å². The van der Waals surface area contributed by atoms with Crippen molar-refractivity contribution < 1.29 is 19.5 Å². The van der Waals surface area contributed by atoms with Gasteiger partial charge in [-0.3, -0.25) is 9.59 Å². The van der Waals surface area contributed by atoms with Gasteiger partial charge in [-0.1, -0.05) is 13.8 Å². The van der Waals surface area contributed by atoms with Crippen LogP contribution < -0.4 is 11.1 Å². The standard InChI is InChI=1S/C13H23N3O4/c1-8(2)6-9(14)12(18)15-7-11(17)16-5-3-4-10(16)13(19)20/h8-10H,3-7,14H2,1-2H3,(H,15,18)(H,19,20)/t9-,10+/m0/s1. The van der Waals surface area contributed by atoms with Crippen LogP contribution in [0.5, 0.6) is 0 Å². The molecular formula is C13H23N3O4. The predicted octanol–water partition coefficient (Wildman–Crippen LogP) is -0.448. The molecule has 0 bridgehead atoms. The largest absolute Gasteiger partial charge is 0.480 e.